The van der Waals surface area contributed by atoms with Crippen molar-refractivity contribution < 1.29 is 8.42 Å². The van der Waals surface area contributed by atoms with Crippen LogP contribution in [0.5, 0.6) is 0 Å². The normalized spacial score (nSPS) is 9.20. The summed E-state index contributed by atoms with van der Waals surface area (Å²) in [7, 11) is -2.06. The molecule has 0 unspecified atom stereocenters. The van der Waals surface area contributed by atoms with Gasteiger partial charge in [-0.3, -0.25) is 0 Å². The van der Waals surface area contributed by atoms with Crippen molar-refractivity contribution in [2.24, 2.45) is 0 Å². The Morgan fingerprint density at radius 2 is 2.50 bits per heavy atom. The van der Waals surface area contributed by atoms with E-state index < -0.39 is 10.3 Å². The average molecular weight is 175 g/mol. The zero-order valence-electron chi connectivity index (χ0n) is 5.02. The van der Waals surface area contributed by atoms with Gasteiger partial charge in [0.2, 0.25) is 10.3 Å². The van der Waals surface area contributed by atoms with Gasteiger partial charge in [0.25, 0.3) is 0 Å². The van der Waals surface area contributed by atoms with E-state index in [1.165, 1.54) is 16.7 Å². The topological polar surface area (TPSA) is 47.0 Å². The van der Waals surface area contributed by atoms with Gasteiger partial charge in [-0.05, 0) is 0 Å². The summed E-state index contributed by atoms with van der Waals surface area (Å²) in [6.45, 7) is 0. The van der Waals surface area contributed by atoms with Crippen LogP contribution < -0.4 is 0 Å². The van der Waals surface area contributed by atoms with Crippen LogP contribution in [0.4, 0.5) is 0 Å². The van der Waals surface area contributed by atoms with Crippen molar-refractivity contribution in [1.82, 2.24) is 4.98 Å². The van der Waals surface area contributed by atoms with Crippen molar-refractivity contribution in [2.75, 3.05) is 0 Å². The molecule has 0 N–H and O–H groups in total. The second-order valence-electron chi connectivity index (χ2n) is 1.56. The van der Waals surface area contributed by atoms with Gasteiger partial charge in [0.15, 0.2) is 0 Å². The summed E-state index contributed by atoms with van der Waals surface area (Å²) in [4.78, 5) is 3.90. The second kappa shape index (κ2) is 3.48. The van der Waals surface area contributed by atoms with Crippen molar-refractivity contribution in [2.45, 2.75) is 6.42 Å². The highest BCUT2D eigenvalue weighted by molar-refractivity contribution is 7.71. The van der Waals surface area contributed by atoms with Crippen molar-refractivity contribution in [3.8, 4) is 0 Å². The molecule has 0 amide bonds. The van der Waals surface area contributed by atoms with E-state index in [-0.39, 0.29) is 0 Å². The first-order valence-corrected chi connectivity index (χ1v) is 4.60. The van der Waals surface area contributed by atoms with E-state index in [9.17, 15) is 8.42 Å². The van der Waals surface area contributed by atoms with Crippen molar-refractivity contribution in [3.63, 3.8) is 0 Å². The largest absolute Gasteiger partial charge is 0.249 e. The Labute approximate surface area is 63.9 Å². The van der Waals surface area contributed by atoms with E-state index in [0.717, 1.165) is 5.01 Å². The molecule has 0 fully saturated rings. The van der Waals surface area contributed by atoms with Gasteiger partial charge < -0.3 is 0 Å². The van der Waals surface area contributed by atoms with Crippen LogP contribution in [0.1, 0.15) is 5.01 Å². The minimum Gasteiger partial charge on any atom is -0.249 e. The molecule has 0 bridgehead atoms. The molecule has 0 aliphatic rings. The summed E-state index contributed by atoms with van der Waals surface area (Å²) in [5, 5.41) is 3.83. The fourth-order valence-electron chi connectivity index (χ4n) is 0.493. The van der Waals surface area contributed by atoms with Crippen LogP contribution in [0.25, 0.3) is 0 Å². The number of nitrogens with zero attached hydrogens (tertiary/aromatic N) is 1. The van der Waals surface area contributed by atoms with Gasteiger partial charge in [-0.2, -0.15) is 8.42 Å². The van der Waals surface area contributed by atoms with Crippen LogP contribution >= 0.6 is 11.3 Å². The van der Waals surface area contributed by atoms with Gasteiger partial charge in [-0.25, -0.2) is 4.98 Å². The Morgan fingerprint density at radius 1 is 1.70 bits per heavy atom. The maximum Gasteiger partial charge on any atom is 0.210 e. The van der Waals surface area contributed by atoms with Gasteiger partial charge >= 0.3 is 0 Å². The summed E-state index contributed by atoms with van der Waals surface area (Å²) in [5.74, 6) is 0. The fourth-order valence-corrected chi connectivity index (χ4v) is 1.47. The lowest BCUT2D eigenvalue weighted by molar-refractivity contribution is 0.627. The number of hydrogen-bond acceptors (Lipinski definition) is 4. The summed E-state index contributed by atoms with van der Waals surface area (Å²) in [5.41, 5.74) is 0. The molecule has 5 heteroatoms. The van der Waals surface area contributed by atoms with Crippen LogP contribution in [0, 0.1) is 0 Å². The highest BCUT2D eigenvalue weighted by Crippen LogP contribution is 2.02. The number of aromatic nitrogens is 1. The Hall–Kier alpha value is -0.680. The molecule has 1 rings (SSSR count). The average Bonchev–Trinajstić information content (AvgIpc) is 2.34. The monoisotopic (exact) mass is 175 g/mol. The lowest BCUT2D eigenvalue weighted by Crippen LogP contribution is -1.83. The summed E-state index contributed by atoms with van der Waals surface area (Å²) in [6.07, 6.45) is 2.06. The fraction of sp³-hybridized carbons (Fsp3) is 0.200. The minimum absolute atomic E-state index is 0.410. The Balaban J connectivity index is 2.66. The van der Waals surface area contributed by atoms with E-state index in [1.807, 2.05) is 5.38 Å². The van der Waals surface area contributed by atoms with Gasteiger partial charge in [0.05, 0.1) is 5.01 Å². The maximum absolute atomic E-state index is 10.0. The molecule has 0 atom stereocenters. The molecular formula is C5H5NO2S2. The minimum atomic E-state index is -2.06. The third-order valence-corrected chi connectivity index (χ3v) is 2.12. The number of rotatable bonds is 2. The zero-order valence-corrected chi connectivity index (χ0v) is 6.65. The van der Waals surface area contributed by atoms with Gasteiger partial charge in [-0.1, -0.05) is 0 Å². The van der Waals surface area contributed by atoms with Crippen LogP contribution in [0.15, 0.2) is 11.6 Å². The van der Waals surface area contributed by atoms with E-state index in [0.29, 0.717) is 6.42 Å². The third kappa shape index (κ3) is 2.28. The predicted octanol–water partition coefficient (Wildman–Crippen LogP) is 0.367. The molecule has 54 valence electrons. The molecule has 0 aliphatic carbocycles. The van der Waals surface area contributed by atoms with Crippen molar-refractivity contribution in [1.29, 1.82) is 0 Å². The molecule has 1 aromatic heterocycles. The Bertz CT molecular complexity index is 303. The van der Waals surface area contributed by atoms with Crippen molar-refractivity contribution in [3.05, 3.63) is 16.6 Å². The standard InChI is InChI=1S/C5H5NO2S2/c7-10(8)4-1-5-6-2-3-9-5/h2-4H,1H2. The van der Waals surface area contributed by atoms with Crippen LogP contribution in [-0.4, -0.2) is 18.8 Å². The molecule has 3 nitrogen and oxygen atoms in total. The van der Waals surface area contributed by atoms with E-state index in [1.54, 1.807) is 6.20 Å². The molecule has 10 heavy (non-hydrogen) atoms. The smallest absolute Gasteiger partial charge is 0.210 e. The quantitative estimate of drug-likeness (QED) is 0.610. The lowest BCUT2D eigenvalue weighted by Gasteiger charge is -1.78. The van der Waals surface area contributed by atoms with Crippen molar-refractivity contribution >= 4 is 27.0 Å². The molecule has 1 aromatic rings. The zero-order chi connectivity index (χ0) is 7.40. The van der Waals surface area contributed by atoms with E-state index in [4.69, 9.17) is 0 Å². The Kier molecular flexibility index (Phi) is 2.58. The van der Waals surface area contributed by atoms with Gasteiger partial charge in [0.1, 0.15) is 0 Å². The summed E-state index contributed by atoms with van der Waals surface area (Å²) >= 11 is 1.45. The van der Waals surface area contributed by atoms with E-state index >= 15 is 0 Å². The highest BCUT2D eigenvalue weighted by atomic mass is 32.2. The predicted molar refractivity (Wildman–Crippen MR) is 40.8 cm³/mol. The first-order valence-electron chi connectivity index (χ1n) is 2.59. The molecule has 0 saturated carbocycles. The van der Waals surface area contributed by atoms with Gasteiger partial charge in [-0.15, -0.1) is 11.3 Å². The Morgan fingerprint density at radius 3 is 3.00 bits per heavy atom. The molecule has 0 aromatic carbocycles. The maximum atomic E-state index is 10.0. The molecule has 0 aliphatic heterocycles. The molecule has 0 spiro atoms. The first-order chi connectivity index (χ1) is 4.79. The molecule has 0 saturated heterocycles. The molecule has 1 heterocycles. The van der Waals surface area contributed by atoms with Crippen LogP contribution in [0.3, 0.4) is 0 Å². The molecular weight excluding hydrogens is 170 g/mol. The van der Waals surface area contributed by atoms with Gasteiger partial charge in [0, 0.05) is 23.4 Å². The molecule has 0 radical (unpaired) electrons. The van der Waals surface area contributed by atoms with Crippen LogP contribution in [0.2, 0.25) is 0 Å². The van der Waals surface area contributed by atoms with E-state index in [2.05, 4.69) is 4.98 Å². The summed E-state index contributed by atoms with van der Waals surface area (Å²) < 4.78 is 20.0. The number of thiazole rings is 1. The van der Waals surface area contributed by atoms with Crippen LogP contribution in [-0.2, 0) is 16.7 Å². The second-order valence-corrected chi connectivity index (χ2v) is 3.39. The first kappa shape index (κ1) is 7.43. The SMILES string of the molecule is O=S(=O)=CCc1nccs1. The summed E-state index contributed by atoms with van der Waals surface area (Å²) in [6, 6.07) is 0. The highest BCUT2D eigenvalue weighted by Gasteiger charge is 1.89. The lowest BCUT2D eigenvalue weighted by atomic mass is 10.5. The third-order valence-electron chi connectivity index (χ3n) is 0.878. The number of hydrogen-bond donors (Lipinski definition) is 0.